The molecule has 88 valence electrons. The molecule has 0 bridgehead atoms. The number of carbonyl (C=O) groups is 1. The molecule has 15 heavy (non-hydrogen) atoms. The Morgan fingerprint density at radius 3 is 2.60 bits per heavy atom. The minimum Gasteiger partial charge on any atom is -0.444 e. The molecule has 0 unspecified atom stereocenters. The molecule has 4 heteroatoms. The van der Waals surface area contributed by atoms with Crippen molar-refractivity contribution >= 4 is 6.09 Å². The van der Waals surface area contributed by atoms with Gasteiger partial charge in [-0.3, -0.25) is 0 Å². The summed E-state index contributed by atoms with van der Waals surface area (Å²) in [4.78, 5) is 11.4. The van der Waals surface area contributed by atoms with Crippen LogP contribution in [-0.4, -0.2) is 28.9 Å². The van der Waals surface area contributed by atoms with Crippen molar-refractivity contribution in [3.05, 3.63) is 0 Å². The molecular formula is C11H21NO3. The Balaban J connectivity index is 2.31. The zero-order chi connectivity index (χ0) is 11.5. The van der Waals surface area contributed by atoms with E-state index in [0.717, 1.165) is 19.3 Å². The number of rotatable bonds is 1. The first kappa shape index (κ1) is 12.3. The number of carbonyl (C=O) groups excluding carboxylic acids is 1. The Morgan fingerprint density at radius 2 is 2.07 bits per heavy atom. The van der Waals surface area contributed by atoms with Crippen LogP contribution in [0.4, 0.5) is 4.79 Å². The molecule has 1 saturated carbocycles. The molecule has 0 heterocycles. The summed E-state index contributed by atoms with van der Waals surface area (Å²) >= 11 is 0. The number of hydrogen-bond acceptors (Lipinski definition) is 3. The summed E-state index contributed by atoms with van der Waals surface area (Å²) in [5.41, 5.74) is -0.461. The molecular weight excluding hydrogens is 194 g/mol. The first-order valence-electron chi connectivity index (χ1n) is 5.54. The van der Waals surface area contributed by atoms with Gasteiger partial charge in [0.05, 0.1) is 6.10 Å². The minimum atomic E-state index is -0.461. The van der Waals surface area contributed by atoms with E-state index in [2.05, 4.69) is 5.32 Å². The highest BCUT2D eigenvalue weighted by Crippen LogP contribution is 2.18. The van der Waals surface area contributed by atoms with E-state index in [4.69, 9.17) is 4.74 Å². The maximum absolute atomic E-state index is 11.4. The molecule has 0 aromatic heterocycles. The van der Waals surface area contributed by atoms with Crippen LogP contribution in [0, 0.1) is 0 Å². The van der Waals surface area contributed by atoms with E-state index in [1.54, 1.807) is 0 Å². The summed E-state index contributed by atoms with van der Waals surface area (Å²) in [5, 5.41) is 12.2. The fourth-order valence-corrected chi connectivity index (χ4v) is 1.77. The third-order valence-electron chi connectivity index (χ3n) is 2.37. The van der Waals surface area contributed by atoms with Crippen molar-refractivity contribution in [3.63, 3.8) is 0 Å². The van der Waals surface area contributed by atoms with Crippen LogP contribution in [0.5, 0.6) is 0 Å². The lowest BCUT2D eigenvalue weighted by atomic mass is 9.93. The number of aliphatic hydroxyl groups excluding tert-OH is 1. The van der Waals surface area contributed by atoms with Crippen LogP contribution in [0.25, 0.3) is 0 Å². The maximum atomic E-state index is 11.4. The summed E-state index contributed by atoms with van der Waals surface area (Å²) in [6.07, 6.45) is 2.70. The Hall–Kier alpha value is -0.770. The zero-order valence-corrected chi connectivity index (χ0v) is 9.75. The number of alkyl carbamates (subject to hydrolysis) is 1. The molecule has 0 aromatic carbocycles. The molecule has 1 fully saturated rings. The van der Waals surface area contributed by atoms with Gasteiger partial charge in [-0.05, 0) is 46.5 Å². The Bertz CT molecular complexity index is 222. The van der Waals surface area contributed by atoms with Gasteiger partial charge in [0.25, 0.3) is 0 Å². The smallest absolute Gasteiger partial charge is 0.407 e. The van der Waals surface area contributed by atoms with Crippen molar-refractivity contribution in [1.82, 2.24) is 5.32 Å². The van der Waals surface area contributed by atoms with Crippen LogP contribution in [0.15, 0.2) is 0 Å². The molecule has 1 rings (SSSR count). The van der Waals surface area contributed by atoms with Gasteiger partial charge in [0.2, 0.25) is 0 Å². The van der Waals surface area contributed by atoms with E-state index in [-0.39, 0.29) is 18.2 Å². The van der Waals surface area contributed by atoms with Crippen molar-refractivity contribution in [3.8, 4) is 0 Å². The fraction of sp³-hybridized carbons (Fsp3) is 0.909. The fourth-order valence-electron chi connectivity index (χ4n) is 1.77. The molecule has 1 aliphatic rings. The average molecular weight is 215 g/mol. The number of aliphatic hydroxyl groups is 1. The summed E-state index contributed by atoms with van der Waals surface area (Å²) in [5.74, 6) is 0. The second-order valence-electron chi connectivity index (χ2n) is 5.16. The summed E-state index contributed by atoms with van der Waals surface area (Å²) < 4.78 is 5.14. The molecule has 4 nitrogen and oxygen atoms in total. The minimum absolute atomic E-state index is 0.0589. The number of ether oxygens (including phenoxy) is 1. The van der Waals surface area contributed by atoms with Crippen molar-refractivity contribution in [2.45, 2.75) is 64.2 Å². The average Bonchev–Trinajstić information content (AvgIpc) is 1.99. The van der Waals surface area contributed by atoms with Crippen LogP contribution in [0.2, 0.25) is 0 Å². The first-order valence-corrected chi connectivity index (χ1v) is 5.54. The van der Waals surface area contributed by atoms with Crippen LogP contribution < -0.4 is 5.32 Å². The molecule has 0 aromatic rings. The highest BCUT2D eigenvalue weighted by Gasteiger charge is 2.24. The van der Waals surface area contributed by atoms with E-state index in [9.17, 15) is 9.90 Å². The summed E-state index contributed by atoms with van der Waals surface area (Å²) in [7, 11) is 0. The lowest BCUT2D eigenvalue weighted by molar-refractivity contribution is 0.0451. The van der Waals surface area contributed by atoms with E-state index in [1.165, 1.54) is 0 Å². The standard InChI is InChI=1S/C11H21NO3/c1-11(2,3)15-10(14)12-8-5-4-6-9(13)7-8/h8-9,13H,4-7H2,1-3H3,(H,12,14)/t8-,9+/m0/s1. The van der Waals surface area contributed by atoms with Gasteiger partial charge < -0.3 is 15.2 Å². The van der Waals surface area contributed by atoms with E-state index in [0.29, 0.717) is 6.42 Å². The topological polar surface area (TPSA) is 58.6 Å². The van der Waals surface area contributed by atoms with Crippen molar-refractivity contribution in [1.29, 1.82) is 0 Å². The third kappa shape index (κ3) is 5.02. The highest BCUT2D eigenvalue weighted by atomic mass is 16.6. The second-order valence-corrected chi connectivity index (χ2v) is 5.16. The van der Waals surface area contributed by atoms with Crippen LogP contribution >= 0.6 is 0 Å². The van der Waals surface area contributed by atoms with E-state index >= 15 is 0 Å². The van der Waals surface area contributed by atoms with Crippen molar-refractivity contribution < 1.29 is 14.6 Å². The first-order chi connectivity index (χ1) is 6.87. The monoisotopic (exact) mass is 215 g/mol. The van der Waals surface area contributed by atoms with Crippen LogP contribution in [0.1, 0.15) is 46.5 Å². The molecule has 0 aliphatic heterocycles. The Kier molecular flexibility index (Phi) is 3.97. The SMILES string of the molecule is CC(C)(C)OC(=O)N[C@H]1CCC[C@@H](O)C1. The summed E-state index contributed by atoms with van der Waals surface area (Å²) in [6.45, 7) is 5.51. The normalized spacial score (nSPS) is 27.2. The highest BCUT2D eigenvalue weighted by molar-refractivity contribution is 5.68. The Labute approximate surface area is 91.0 Å². The summed E-state index contributed by atoms with van der Waals surface area (Å²) in [6, 6.07) is 0.0589. The van der Waals surface area contributed by atoms with Gasteiger partial charge in [-0.2, -0.15) is 0 Å². The quantitative estimate of drug-likeness (QED) is 0.701. The third-order valence-corrected chi connectivity index (χ3v) is 2.37. The lowest BCUT2D eigenvalue weighted by Crippen LogP contribution is -2.42. The molecule has 0 spiro atoms. The van der Waals surface area contributed by atoms with Crippen molar-refractivity contribution in [2.75, 3.05) is 0 Å². The lowest BCUT2D eigenvalue weighted by Gasteiger charge is -2.28. The van der Waals surface area contributed by atoms with E-state index < -0.39 is 5.60 Å². The van der Waals surface area contributed by atoms with Gasteiger partial charge in [0.1, 0.15) is 5.60 Å². The molecule has 2 atom stereocenters. The van der Waals surface area contributed by atoms with E-state index in [1.807, 2.05) is 20.8 Å². The van der Waals surface area contributed by atoms with Gasteiger partial charge >= 0.3 is 6.09 Å². The number of nitrogens with one attached hydrogen (secondary N) is 1. The molecule has 1 aliphatic carbocycles. The Morgan fingerprint density at radius 1 is 1.40 bits per heavy atom. The molecule has 1 amide bonds. The molecule has 2 N–H and O–H groups in total. The number of hydrogen-bond donors (Lipinski definition) is 2. The van der Waals surface area contributed by atoms with Gasteiger partial charge in [-0.1, -0.05) is 0 Å². The van der Waals surface area contributed by atoms with Gasteiger partial charge in [-0.15, -0.1) is 0 Å². The van der Waals surface area contributed by atoms with Gasteiger partial charge in [0, 0.05) is 6.04 Å². The van der Waals surface area contributed by atoms with Gasteiger partial charge in [-0.25, -0.2) is 4.79 Å². The zero-order valence-electron chi connectivity index (χ0n) is 9.75. The predicted molar refractivity (Wildman–Crippen MR) is 57.6 cm³/mol. The molecule has 0 saturated heterocycles. The number of amides is 1. The van der Waals surface area contributed by atoms with Crippen molar-refractivity contribution in [2.24, 2.45) is 0 Å². The van der Waals surface area contributed by atoms with Crippen LogP contribution in [0.3, 0.4) is 0 Å². The molecule has 0 radical (unpaired) electrons. The maximum Gasteiger partial charge on any atom is 0.407 e. The van der Waals surface area contributed by atoms with Gasteiger partial charge in [0.15, 0.2) is 0 Å². The van der Waals surface area contributed by atoms with Crippen LogP contribution in [-0.2, 0) is 4.74 Å². The largest absolute Gasteiger partial charge is 0.444 e. The second kappa shape index (κ2) is 4.84. The predicted octanol–water partition coefficient (Wildman–Crippen LogP) is 1.81.